The molecule has 4 heteroatoms. The van der Waals surface area contributed by atoms with Crippen molar-refractivity contribution in [1.29, 1.82) is 0 Å². The van der Waals surface area contributed by atoms with E-state index in [2.05, 4.69) is 81.3 Å². The predicted octanol–water partition coefficient (Wildman–Crippen LogP) is 4.01. The average molecular weight is 373 g/mol. The van der Waals surface area contributed by atoms with Crippen molar-refractivity contribution < 1.29 is 0 Å². The van der Waals surface area contributed by atoms with Crippen molar-refractivity contribution in [3.8, 4) is 0 Å². The molecule has 0 amide bonds. The summed E-state index contributed by atoms with van der Waals surface area (Å²) in [7, 11) is 1.81. The minimum atomic E-state index is 0.363. The molecule has 3 aromatic rings. The number of aromatic nitrogens is 1. The van der Waals surface area contributed by atoms with Crippen molar-refractivity contribution in [2.75, 3.05) is 20.1 Å². The van der Waals surface area contributed by atoms with E-state index in [1.807, 2.05) is 31.4 Å². The van der Waals surface area contributed by atoms with Gasteiger partial charge in [0.25, 0.3) is 0 Å². The van der Waals surface area contributed by atoms with Gasteiger partial charge in [-0.3, -0.25) is 9.98 Å². The van der Waals surface area contributed by atoms with Crippen LogP contribution in [0.15, 0.2) is 90.1 Å². The second-order valence-electron chi connectivity index (χ2n) is 6.66. The smallest absolute Gasteiger partial charge is 0.190 e. The first-order valence-corrected chi connectivity index (χ1v) is 9.81. The topological polar surface area (TPSA) is 49.3 Å². The zero-order valence-corrected chi connectivity index (χ0v) is 16.4. The Balaban J connectivity index is 1.53. The Morgan fingerprint density at radius 2 is 1.43 bits per heavy atom. The Hall–Kier alpha value is -3.14. The highest BCUT2D eigenvalue weighted by Gasteiger charge is 2.13. The summed E-state index contributed by atoms with van der Waals surface area (Å²) < 4.78 is 0. The molecule has 0 aliphatic heterocycles. The van der Waals surface area contributed by atoms with E-state index in [1.165, 1.54) is 11.1 Å². The van der Waals surface area contributed by atoms with Gasteiger partial charge in [0.2, 0.25) is 0 Å². The lowest BCUT2D eigenvalue weighted by Gasteiger charge is -2.19. The van der Waals surface area contributed by atoms with Crippen LogP contribution in [0.5, 0.6) is 0 Å². The molecule has 4 nitrogen and oxygen atoms in total. The maximum Gasteiger partial charge on any atom is 0.190 e. The number of aliphatic imine (C=N–C) groups is 1. The van der Waals surface area contributed by atoms with Crippen molar-refractivity contribution in [2.24, 2.45) is 4.99 Å². The predicted molar refractivity (Wildman–Crippen MR) is 117 cm³/mol. The Morgan fingerprint density at radius 1 is 0.821 bits per heavy atom. The number of rotatable bonds is 8. The standard InChI is InChI=1S/C24H28N4/c1-25-24(27-18-15-22-14-8-9-17-26-22)28-19-16-23(20-10-4-2-5-11-20)21-12-6-3-7-13-21/h2-14,17,23H,15-16,18-19H2,1H3,(H2,25,27,28). The minimum absolute atomic E-state index is 0.363. The average Bonchev–Trinajstić information content (AvgIpc) is 2.77. The molecule has 0 saturated carbocycles. The summed E-state index contributed by atoms with van der Waals surface area (Å²) in [5.41, 5.74) is 3.76. The number of hydrogen-bond donors (Lipinski definition) is 2. The fraction of sp³-hybridized carbons (Fsp3) is 0.250. The highest BCUT2D eigenvalue weighted by atomic mass is 15.2. The van der Waals surface area contributed by atoms with E-state index < -0.39 is 0 Å². The normalized spacial score (nSPS) is 11.4. The van der Waals surface area contributed by atoms with Crippen LogP contribution in [0.1, 0.15) is 29.2 Å². The van der Waals surface area contributed by atoms with E-state index in [9.17, 15) is 0 Å². The first-order valence-electron chi connectivity index (χ1n) is 9.81. The third kappa shape index (κ3) is 5.95. The van der Waals surface area contributed by atoms with Crippen LogP contribution in [-0.2, 0) is 6.42 Å². The first-order chi connectivity index (χ1) is 13.9. The molecule has 0 aliphatic carbocycles. The molecular weight excluding hydrogens is 344 g/mol. The third-order valence-corrected chi connectivity index (χ3v) is 4.75. The summed E-state index contributed by atoms with van der Waals surface area (Å²) in [5.74, 6) is 1.19. The molecule has 0 saturated heterocycles. The molecule has 1 heterocycles. The van der Waals surface area contributed by atoms with Crippen LogP contribution < -0.4 is 10.6 Å². The maximum atomic E-state index is 4.35. The molecule has 1 aromatic heterocycles. The molecule has 2 N–H and O–H groups in total. The Labute approximate surface area is 167 Å². The van der Waals surface area contributed by atoms with Crippen LogP contribution in [-0.4, -0.2) is 31.1 Å². The van der Waals surface area contributed by atoms with Gasteiger partial charge < -0.3 is 10.6 Å². The van der Waals surface area contributed by atoms with Crippen molar-refractivity contribution >= 4 is 5.96 Å². The van der Waals surface area contributed by atoms with Crippen molar-refractivity contribution in [3.05, 3.63) is 102 Å². The van der Waals surface area contributed by atoms with E-state index in [4.69, 9.17) is 0 Å². The van der Waals surface area contributed by atoms with Gasteiger partial charge in [-0.15, -0.1) is 0 Å². The summed E-state index contributed by atoms with van der Waals surface area (Å²) in [5, 5.41) is 6.81. The van der Waals surface area contributed by atoms with Crippen molar-refractivity contribution in [2.45, 2.75) is 18.8 Å². The molecule has 2 aromatic carbocycles. The number of benzene rings is 2. The first kappa shape index (κ1) is 19.6. The number of hydrogen-bond acceptors (Lipinski definition) is 2. The second kappa shape index (κ2) is 10.9. The molecule has 0 fully saturated rings. The van der Waals surface area contributed by atoms with Crippen molar-refractivity contribution in [3.63, 3.8) is 0 Å². The zero-order valence-electron chi connectivity index (χ0n) is 16.4. The monoisotopic (exact) mass is 372 g/mol. The van der Waals surface area contributed by atoms with Gasteiger partial charge in [-0.1, -0.05) is 66.7 Å². The summed E-state index contributed by atoms with van der Waals surface area (Å²) in [6.07, 6.45) is 3.70. The Morgan fingerprint density at radius 3 is 2.00 bits per heavy atom. The van der Waals surface area contributed by atoms with Crippen molar-refractivity contribution in [1.82, 2.24) is 15.6 Å². The van der Waals surface area contributed by atoms with Gasteiger partial charge in [0, 0.05) is 44.4 Å². The number of nitrogens with one attached hydrogen (secondary N) is 2. The summed E-state index contributed by atoms with van der Waals surface area (Å²) in [4.78, 5) is 8.69. The van der Waals surface area contributed by atoms with Crippen LogP contribution in [0.25, 0.3) is 0 Å². The molecular formula is C24H28N4. The summed E-state index contributed by atoms with van der Waals surface area (Å²) in [6.45, 7) is 1.65. The van der Waals surface area contributed by atoms with Gasteiger partial charge in [-0.2, -0.15) is 0 Å². The fourth-order valence-electron chi connectivity index (χ4n) is 3.31. The van der Waals surface area contributed by atoms with E-state index in [1.54, 1.807) is 0 Å². The van der Waals surface area contributed by atoms with Crippen LogP contribution in [0.3, 0.4) is 0 Å². The summed E-state index contributed by atoms with van der Waals surface area (Å²) >= 11 is 0. The second-order valence-corrected chi connectivity index (χ2v) is 6.66. The largest absolute Gasteiger partial charge is 0.356 e. The van der Waals surface area contributed by atoms with Gasteiger partial charge in [-0.05, 0) is 29.7 Å². The SMILES string of the molecule is CN=C(NCCc1ccccn1)NCCC(c1ccccc1)c1ccccc1. The highest BCUT2D eigenvalue weighted by molar-refractivity contribution is 5.79. The van der Waals surface area contributed by atoms with E-state index >= 15 is 0 Å². The molecule has 0 spiro atoms. The molecule has 144 valence electrons. The Kier molecular flexibility index (Phi) is 7.62. The van der Waals surface area contributed by atoms with Gasteiger partial charge >= 0.3 is 0 Å². The number of pyridine rings is 1. The highest BCUT2D eigenvalue weighted by Crippen LogP contribution is 2.27. The molecule has 0 bridgehead atoms. The van der Waals surface area contributed by atoms with Crippen LogP contribution in [0.2, 0.25) is 0 Å². The molecule has 28 heavy (non-hydrogen) atoms. The van der Waals surface area contributed by atoms with Gasteiger partial charge in [0.15, 0.2) is 5.96 Å². The minimum Gasteiger partial charge on any atom is -0.356 e. The fourth-order valence-corrected chi connectivity index (χ4v) is 3.31. The third-order valence-electron chi connectivity index (χ3n) is 4.75. The lowest BCUT2D eigenvalue weighted by molar-refractivity contribution is 0.677. The van der Waals surface area contributed by atoms with E-state index in [0.29, 0.717) is 5.92 Å². The molecule has 3 rings (SSSR count). The van der Waals surface area contributed by atoms with E-state index in [0.717, 1.165) is 37.6 Å². The molecule has 0 aliphatic rings. The van der Waals surface area contributed by atoms with Crippen LogP contribution in [0.4, 0.5) is 0 Å². The van der Waals surface area contributed by atoms with Gasteiger partial charge in [0.05, 0.1) is 0 Å². The van der Waals surface area contributed by atoms with Gasteiger partial charge in [-0.25, -0.2) is 0 Å². The molecule has 0 atom stereocenters. The maximum absolute atomic E-state index is 4.35. The van der Waals surface area contributed by atoms with Gasteiger partial charge in [0.1, 0.15) is 0 Å². The number of nitrogens with zero attached hydrogens (tertiary/aromatic N) is 2. The zero-order chi connectivity index (χ0) is 19.4. The lowest BCUT2D eigenvalue weighted by Crippen LogP contribution is -2.39. The quantitative estimate of drug-likeness (QED) is 0.464. The van der Waals surface area contributed by atoms with Crippen LogP contribution >= 0.6 is 0 Å². The lowest BCUT2D eigenvalue weighted by atomic mass is 9.88. The van der Waals surface area contributed by atoms with Crippen LogP contribution in [0, 0.1) is 0 Å². The number of guanidine groups is 1. The molecule has 0 radical (unpaired) electrons. The van der Waals surface area contributed by atoms with E-state index in [-0.39, 0.29) is 0 Å². The molecule has 0 unspecified atom stereocenters. The summed E-state index contributed by atoms with van der Waals surface area (Å²) in [6, 6.07) is 27.4. The Bertz CT molecular complexity index is 793.